The lowest BCUT2D eigenvalue weighted by molar-refractivity contribution is -0.146. The number of carboxylic acid groups (broad SMARTS) is 1. The number of rotatable bonds is 8. The number of amides is 3. The van der Waals surface area contributed by atoms with Crippen LogP contribution in [0.15, 0.2) is 66.0 Å². The van der Waals surface area contributed by atoms with Crippen LogP contribution in [-0.4, -0.2) is 79.7 Å². The highest BCUT2D eigenvalue weighted by Crippen LogP contribution is 2.47. The third-order valence-corrected chi connectivity index (χ3v) is 11.5. The van der Waals surface area contributed by atoms with Crippen LogP contribution in [0.25, 0.3) is 21.6 Å². The van der Waals surface area contributed by atoms with Crippen LogP contribution in [-0.2, 0) is 25.7 Å². The Hall–Kier alpha value is -5.24. The molecule has 3 aliphatic rings. The maximum absolute atomic E-state index is 14.5. The molecule has 0 bridgehead atoms. The summed E-state index contributed by atoms with van der Waals surface area (Å²) < 4.78 is 18.2. The molecule has 2 aromatic heterocycles. The molecule has 2 unspecified atom stereocenters. The molecule has 0 radical (unpaired) electrons. The van der Waals surface area contributed by atoms with Gasteiger partial charge in [0, 0.05) is 12.5 Å². The number of aromatic nitrogens is 2. The second kappa shape index (κ2) is 16.5. The van der Waals surface area contributed by atoms with Gasteiger partial charge in [-0.2, -0.15) is 0 Å². The Bertz CT molecular complexity index is 2060. The molecule has 1 saturated carbocycles. The van der Waals surface area contributed by atoms with Crippen molar-refractivity contribution in [1.82, 2.24) is 25.5 Å². The Morgan fingerprint density at radius 1 is 0.982 bits per heavy atom. The number of hydrogen-bond acceptors (Lipinski definition) is 10. The van der Waals surface area contributed by atoms with Gasteiger partial charge in [-0.25, -0.2) is 19.6 Å². The van der Waals surface area contributed by atoms with E-state index < -0.39 is 53.2 Å². The average molecular weight is 784 g/mol. The van der Waals surface area contributed by atoms with E-state index in [-0.39, 0.29) is 24.8 Å². The molecular weight excluding hydrogens is 735 g/mol. The Labute approximate surface area is 330 Å². The van der Waals surface area contributed by atoms with Gasteiger partial charge in [-0.1, -0.05) is 68.5 Å². The number of fused-ring (bicyclic) bond motifs is 3. The fraction of sp³-hybridized carbons (Fsp3) is 0.476. The molecule has 3 amide bonds. The summed E-state index contributed by atoms with van der Waals surface area (Å²) in [7, 11) is 0. The van der Waals surface area contributed by atoms with Gasteiger partial charge in [0.05, 0.1) is 22.5 Å². The van der Waals surface area contributed by atoms with Gasteiger partial charge in [-0.3, -0.25) is 9.59 Å². The van der Waals surface area contributed by atoms with Crippen molar-refractivity contribution in [2.45, 2.75) is 114 Å². The summed E-state index contributed by atoms with van der Waals surface area (Å²) >= 11 is 1.47. The number of carboxylic acids is 1. The van der Waals surface area contributed by atoms with Gasteiger partial charge in [0.25, 0.3) is 0 Å². The molecule has 4 aromatic rings. The van der Waals surface area contributed by atoms with E-state index >= 15 is 0 Å². The lowest BCUT2D eigenvalue weighted by atomic mass is 10.0. The van der Waals surface area contributed by atoms with Crippen molar-refractivity contribution in [1.29, 1.82) is 0 Å². The molecule has 1 aliphatic carbocycles. The SMILES string of the molecule is CC(C)(C)OC(=O)N[C@H]1CCCCCCCC2CC2(C(=O)O)NC(=O)[C@@H]2C[C@@H](Oc3nc4ccc(OCc5ccccc5)cc4nc3-c3cccs3)CN2C1=O. The van der Waals surface area contributed by atoms with Gasteiger partial charge in [0.15, 0.2) is 0 Å². The van der Waals surface area contributed by atoms with Crippen LogP contribution < -0.4 is 20.1 Å². The molecule has 13 nitrogen and oxygen atoms in total. The van der Waals surface area contributed by atoms with Crippen LogP contribution in [0, 0.1) is 5.92 Å². The third-order valence-electron chi connectivity index (χ3n) is 10.6. The fourth-order valence-electron chi connectivity index (χ4n) is 7.66. The number of benzene rings is 2. The van der Waals surface area contributed by atoms with Crippen molar-refractivity contribution < 1.29 is 38.5 Å². The number of ether oxygens (including phenoxy) is 3. The molecule has 2 aromatic carbocycles. The Morgan fingerprint density at radius 2 is 1.75 bits per heavy atom. The minimum Gasteiger partial charge on any atom is -0.489 e. The lowest BCUT2D eigenvalue weighted by Crippen LogP contribution is -2.56. The second-order valence-electron chi connectivity index (χ2n) is 16.0. The highest BCUT2D eigenvalue weighted by atomic mass is 32.1. The van der Waals surface area contributed by atoms with Gasteiger partial charge < -0.3 is 34.9 Å². The molecule has 296 valence electrons. The fourth-order valence-corrected chi connectivity index (χ4v) is 8.37. The van der Waals surface area contributed by atoms with E-state index in [1.807, 2.05) is 66.0 Å². The number of thiophene rings is 1. The number of hydrogen-bond donors (Lipinski definition) is 3. The van der Waals surface area contributed by atoms with Gasteiger partial charge in [-0.05, 0) is 75.1 Å². The predicted molar refractivity (Wildman–Crippen MR) is 210 cm³/mol. The monoisotopic (exact) mass is 783 g/mol. The standard InChI is InChI=1S/C42H49N5O8S/c1-41(2,3)55-40(52)45-31-16-11-6-4-5-10-15-27-23-42(27,39(50)51)46-36(48)33-22-29(24-47(33)38(31)49)54-37-35(34-17-12-20-56-34)43-32-21-28(18-19-30(32)44-37)53-25-26-13-8-7-9-14-26/h7-9,12-14,17-21,27,29,31,33H,4-6,10-11,15-16,22-25H2,1-3H3,(H,45,52)(H,46,48)(H,50,51)/t27?,29-,31+,33+,42?/m1/s1. The van der Waals surface area contributed by atoms with E-state index in [4.69, 9.17) is 24.2 Å². The minimum atomic E-state index is -1.38. The zero-order chi connectivity index (χ0) is 39.5. The maximum atomic E-state index is 14.5. The first kappa shape index (κ1) is 39.0. The van der Waals surface area contributed by atoms with E-state index in [1.54, 1.807) is 20.8 Å². The maximum Gasteiger partial charge on any atom is 0.408 e. The summed E-state index contributed by atoms with van der Waals surface area (Å²) in [4.78, 5) is 66.3. The molecule has 2 saturated heterocycles. The van der Waals surface area contributed by atoms with Crippen molar-refractivity contribution in [3.63, 3.8) is 0 Å². The summed E-state index contributed by atoms with van der Waals surface area (Å²) in [6.45, 7) is 5.64. The summed E-state index contributed by atoms with van der Waals surface area (Å²) in [5, 5.41) is 17.8. The highest BCUT2D eigenvalue weighted by molar-refractivity contribution is 7.13. The molecular formula is C42H49N5O8S. The van der Waals surface area contributed by atoms with E-state index in [2.05, 4.69) is 10.6 Å². The quantitative estimate of drug-likeness (QED) is 0.171. The number of alkyl carbamates (subject to hydrolysis) is 1. The normalized spacial score (nSPS) is 24.5. The zero-order valence-electron chi connectivity index (χ0n) is 32.0. The smallest absolute Gasteiger partial charge is 0.408 e. The molecule has 3 N–H and O–H groups in total. The zero-order valence-corrected chi connectivity index (χ0v) is 32.8. The third kappa shape index (κ3) is 9.07. The number of nitrogens with zero attached hydrogens (tertiary/aromatic N) is 3. The first-order chi connectivity index (χ1) is 26.9. The van der Waals surface area contributed by atoms with E-state index in [9.17, 15) is 24.3 Å². The average Bonchev–Trinajstić information content (AvgIpc) is 3.45. The molecule has 5 atom stereocenters. The minimum absolute atomic E-state index is 0.00276. The first-order valence-corrected chi connectivity index (χ1v) is 20.3. The van der Waals surface area contributed by atoms with Gasteiger partial charge >= 0.3 is 12.1 Å². The Balaban J connectivity index is 1.18. The molecule has 56 heavy (non-hydrogen) atoms. The van der Waals surface area contributed by atoms with Crippen molar-refractivity contribution in [3.8, 4) is 22.2 Å². The van der Waals surface area contributed by atoms with Gasteiger partial charge in [-0.15, -0.1) is 11.3 Å². The topological polar surface area (TPSA) is 169 Å². The Kier molecular flexibility index (Phi) is 11.5. The molecule has 4 heterocycles. The number of aliphatic carboxylic acids is 1. The molecule has 3 fully saturated rings. The summed E-state index contributed by atoms with van der Waals surface area (Å²) in [6, 6.07) is 17.2. The summed E-state index contributed by atoms with van der Waals surface area (Å²) in [5.41, 5.74) is 0.551. The molecule has 2 aliphatic heterocycles. The largest absolute Gasteiger partial charge is 0.489 e. The van der Waals surface area contributed by atoms with Crippen LogP contribution in [0.5, 0.6) is 11.6 Å². The lowest BCUT2D eigenvalue weighted by Gasteiger charge is -2.30. The van der Waals surface area contributed by atoms with Crippen molar-refractivity contribution in [2.75, 3.05) is 6.54 Å². The van der Waals surface area contributed by atoms with Crippen LogP contribution in [0.1, 0.15) is 84.1 Å². The van der Waals surface area contributed by atoms with Gasteiger partial charge in [0.2, 0.25) is 17.7 Å². The summed E-state index contributed by atoms with van der Waals surface area (Å²) in [6.07, 6.45) is 4.23. The van der Waals surface area contributed by atoms with Crippen molar-refractivity contribution >= 4 is 46.2 Å². The van der Waals surface area contributed by atoms with Crippen LogP contribution in [0.4, 0.5) is 4.79 Å². The van der Waals surface area contributed by atoms with E-state index in [0.29, 0.717) is 54.8 Å². The van der Waals surface area contributed by atoms with E-state index in [1.165, 1.54) is 16.2 Å². The number of carbonyl (C=O) groups excluding carboxylic acids is 3. The number of carbonyl (C=O) groups is 4. The molecule has 14 heteroatoms. The van der Waals surface area contributed by atoms with Crippen molar-refractivity contribution in [3.05, 3.63) is 71.6 Å². The molecule has 7 rings (SSSR count). The van der Waals surface area contributed by atoms with Crippen LogP contribution >= 0.6 is 11.3 Å². The number of nitrogens with one attached hydrogen (secondary N) is 2. The predicted octanol–water partition coefficient (Wildman–Crippen LogP) is 6.88. The van der Waals surface area contributed by atoms with E-state index in [0.717, 1.165) is 36.1 Å². The summed E-state index contributed by atoms with van der Waals surface area (Å²) in [5.74, 6) is -1.40. The van der Waals surface area contributed by atoms with Crippen molar-refractivity contribution in [2.24, 2.45) is 5.92 Å². The van der Waals surface area contributed by atoms with Crippen LogP contribution in [0.2, 0.25) is 0 Å². The molecule has 0 spiro atoms. The Morgan fingerprint density at radius 3 is 2.48 bits per heavy atom. The van der Waals surface area contributed by atoms with Crippen LogP contribution in [0.3, 0.4) is 0 Å². The second-order valence-corrected chi connectivity index (χ2v) is 16.9. The highest BCUT2D eigenvalue weighted by Gasteiger charge is 2.62. The first-order valence-electron chi connectivity index (χ1n) is 19.4. The van der Waals surface area contributed by atoms with Gasteiger partial charge in [0.1, 0.15) is 47.4 Å².